The maximum atomic E-state index is 12.8. The lowest BCUT2D eigenvalue weighted by atomic mass is 9.94. The van der Waals surface area contributed by atoms with Gasteiger partial charge in [-0.1, -0.05) is 23.5 Å². The zero-order chi connectivity index (χ0) is 23.5. The van der Waals surface area contributed by atoms with Crippen LogP contribution in [0.1, 0.15) is 0 Å². The van der Waals surface area contributed by atoms with Crippen molar-refractivity contribution in [2.45, 2.75) is 29.4 Å². The Balaban J connectivity index is 1.77. The van der Waals surface area contributed by atoms with Crippen molar-refractivity contribution in [3.63, 3.8) is 0 Å². The second kappa shape index (κ2) is 10.1. The highest BCUT2D eigenvalue weighted by molar-refractivity contribution is 8.00. The molecule has 1 aromatic rings. The Bertz CT molecular complexity index is 932. The van der Waals surface area contributed by atoms with Gasteiger partial charge in [0, 0.05) is 12.9 Å². The van der Waals surface area contributed by atoms with Crippen LogP contribution in [0.4, 0.5) is 8.78 Å². The van der Waals surface area contributed by atoms with E-state index < -0.39 is 41.2 Å². The van der Waals surface area contributed by atoms with Gasteiger partial charge in [-0.2, -0.15) is 8.78 Å². The SMILES string of the molecule is CO[C@]1(NC(=O)CSC(F)F)C(=O)N2C(C(=O)O)=C(CSc3nnnn3CCO)CO[C@@H]21. The number of alkyl halides is 2. The van der Waals surface area contributed by atoms with Gasteiger partial charge in [0.2, 0.25) is 11.1 Å². The summed E-state index contributed by atoms with van der Waals surface area (Å²) >= 11 is 1.14. The first-order chi connectivity index (χ1) is 15.2. The van der Waals surface area contributed by atoms with Crippen molar-refractivity contribution < 1.29 is 42.9 Å². The summed E-state index contributed by atoms with van der Waals surface area (Å²) in [7, 11) is 1.11. The summed E-state index contributed by atoms with van der Waals surface area (Å²) in [4.78, 5) is 37.6. The van der Waals surface area contributed by atoms with Crippen molar-refractivity contribution in [2.75, 3.05) is 31.8 Å². The number of aliphatic hydroxyl groups excluding tert-OH is 1. The van der Waals surface area contributed by atoms with Crippen LogP contribution in [-0.4, -0.2) is 103 Å². The number of nitrogens with one attached hydrogen (secondary N) is 1. The van der Waals surface area contributed by atoms with Crippen LogP contribution in [0.2, 0.25) is 0 Å². The number of aliphatic carboxylic acids is 1. The molecule has 13 nitrogen and oxygen atoms in total. The number of methoxy groups -OCH3 is 1. The van der Waals surface area contributed by atoms with E-state index in [9.17, 15) is 28.3 Å². The molecule has 2 amide bonds. The molecule has 2 aliphatic rings. The molecule has 0 unspecified atom stereocenters. The summed E-state index contributed by atoms with van der Waals surface area (Å²) in [5.41, 5.74) is -2.12. The fourth-order valence-electron chi connectivity index (χ4n) is 3.12. The molecule has 176 valence electrons. The van der Waals surface area contributed by atoms with Gasteiger partial charge in [-0.05, 0) is 16.0 Å². The number of aromatic nitrogens is 4. The van der Waals surface area contributed by atoms with Crippen LogP contribution in [-0.2, 0) is 30.4 Å². The van der Waals surface area contributed by atoms with Crippen molar-refractivity contribution in [1.82, 2.24) is 30.4 Å². The molecular weight excluding hydrogens is 478 g/mol. The molecular formula is C15H18F2N6O7S2. The highest BCUT2D eigenvalue weighted by Gasteiger charge is 2.67. The Morgan fingerprint density at radius 2 is 2.22 bits per heavy atom. The summed E-state index contributed by atoms with van der Waals surface area (Å²) in [6.45, 7) is -0.268. The van der Waals surface area contributed by atoms with Crippen molar-refractivity contribution >= 4 is 41.3 Å². The molecule has 2 atom stereocenters. The molecule has 1 saturated heterocycles. The number of hydrogen-bond acceptors (Lipinski definition) is 11. The van der Waals surface area contributed by atoms with Gasteiger partial charge >= 0.3 is 5.97 Å². The number of carbonyl (C=O) groups is 3. The summed E-state index contributed by atoms with van der Waals surface area (Å²) in [6.07, 6.45) is -1.29. The van der Waals surface area contributed by atoms with Gasteiger partial charge in [0.15, 0.2) is 6.23 Å². The first-order valence-corrected chi connectivity index (χ1v) is 10.9. The van der Waals surface area contributed by atoms with Crippen molar-refractivity contribution in [3.05, 3.63) is 11.3 Å². The minimum atomic E-state index is -2.78. The maximum absolute atomic E-state index is 12.8. The molecule has 0 spiro atoms. The monoisotopic (exact) mass is 496 g/mol. The number of ether oxygens (including phenoxy) is 2. The van der Waals surface area contributed by atoms with Crippen molar-refractivity contribution in [1.29, 1.82) is 0 Å². The van der Waals surface area contributed by atoms with E-state index >= 15 is 0 Å². The number of amides is 2. The number of β-lactam (4-membered cyclic amide) rings is 1. The number of carbonyl (C=O) groups excluding carboxylic acids is 2. The average molecular weight is 496 g/mol. The Kier molecular flexibility index (Phi) is 7.65. The number of carboxylic acids is 1. The molecule has 3 heterocycles. The second-order valence-electron chi connectivity index (χ2n) is 6.35. The normalized spacial score (nSPS) is 22.7. The highest BCUT2D eigenvalue weighted by Crippen LogP contribution is 2.41. The minimum Gasteiger partial charge on any atom is -0.477 e. The predicted molar refractivity (Wildman–Crippen MR) is 103 cm³/mol. The second-order valence-corrected chi connectivity index (χ2v) is 8.27. The van der Waals surface area contributed by atoms with E-state index in [4.69, 9.17) is 14.6 Å². The van der Waals surface area contributed by atoms with Crippen LogP contribution < -0.4 is 5.32 Å². The molecule has 32 heavy (non-hydrogen) atoms. The fraction of sp³-hybridized carbons (Fsp3) is 0.600. The summed E-state index contributed by atoms with van der Waals surface area (Å²) in [5.74, 6) is -6.56. The Hall–Kier alpha value is -2.34. The maximum Gasteiger partial charge on any atom is 0.352 e. The van der Waals surface area contributed by atoms with Gasteiger partial charge in [-0.15, -0.1) is 5.10 Å². The summed E-state index contributed by atoms with van der Waals surface area (Å²) in [5, 5.41) is 32.3. The van der Waals surface area contributed by atoms with Crippen LogP contribution in [0.3, 0.4) is 0 Å². The number of fused-ring (bicyclic) bond motifs is 1. The van der Waals surface area contributed by atoms with E-state index in [1.54, 1.807) is 0 Å². The third kappa shape index (κ3) is 4.56. The number of nitrogens with zero attached hydrogens (tertiary/aromatic N) is 5. The zero-order valence-corrected chi connectivity index (χ0v) is 18.1. The lowest BCUT2D eigenvalue weighted by Crippen LogP contribution is -2.82. The Morgan fingerprint density at radius 3 is 2.84 bits per heavy atom. The number of carboxylic acid groups (broad SMARTS) is 1. The Labute approximate surface area is 187 Å². The van der Waals surface area contributed by atoms with Crippen LogP contribution >= 0.6 is 23.5 Å². The van der Waals surface area contributed by atoms with Crippen LogP contribution in [0.5, 0.6) is 0 Å². The highest BCUT2D eigenvalue weighted by atomic mass is 32.2. The molecule has 3 rings (SSSR count). The smallest absolute Gasteiger partial charge is 0.352 e. The number of hydrogen-bond donors (Lipinski definition) is 3. The summed E-state index contributed by atoms with van der Waals surface area (Å²) in [6, 6.07) is 0. The van der Waals surface area contributed by atoms with Gasteiger partial charge in [-0.3, -0.25) is 14.5 Å². The quantitative estimate of drug-likeness (QED) is 0.189. The first kappa shape index (κ1) is 24.3. The molecule has 0 aromatic carbocycles. The number of aliphatic hydroxyl groups is 1. The van der Waals surface area contributed by atoms with Gasteiger partial charge in [0.1, 0.15) is 5.70 Å². The lowest BCUT2D eigenvalue weighted by molar-refractivity contribution is -0.257. The number of thioether (sulfide) groups is 2. The minimum absolute atomic E-state index is 0.0569. The van der Waals surface area contributed by atoms with E-state index in [1.807, 2.05) is 0 Å². The standard InChI is InChI=1S/C15H18F2N6O7S2/c1-29-15(18-8(25)6-31-13(16)17)11(28)23-9(10(26)27)7(4-30-12(15)23)5-32-14-19-20-21-22(14)2-3-24/h12-13,24H,2-6H2,1H3,(H,18,25)(H,26,27)/t12-,15-/m1/s1. The van der Waals surface area contributed by atoms with Gasteiger partial charge in [0.05, 0.1) is 25.5 Å². The predicted octanol–water partition coefficient (Wildman–Crippen LogP) is -1.29. The van der Waals surface area contributed by atoms with E-state index in [1.165, 1.54) is 4.68 Å². The van der Waals surface area contributed by atoms with Crippen molar-refractivity contribution in [2.24, 2.45) is 0 Å². The number of tetrazole rings is 1. The third-order valence-electron chi connectivity index (χ3n) is 4.49. The summed E-state index contributed by atoms with van der Waals surface area (Å²) < 4.78 is 36.7. The molecule has 0 radical (unpaired) electrons. The van der Waals surface area contributed by atoms with E-state index in [0.717, 1.165) is 23.8 Å². The van der Waals surface area contributed by atoms with E-state index in [2.05, 4.69) is 20.8 Å². The number of rotatable bonds is 11. The molecule has 0 aliphatic carbocycles. The lowest BCUT2D eigenvalue weighted by Gasteiger charge is -2.55. The Morgan fingerprint density at radius 1 is 1.47 bits per heavy atom. The zero-order valence-electron chi connectivity index (χ0n) is 16.4. The molecule has 1 fully saturated rings. The molecule has 2 aliphatic heterocycles. The van der Waals surface area contributed by atoms with E-state index in [0.29, 0.717) is 5.16 Å². The average Bonchev–Trinajstić information content (AvgIpc) is 3.20. The molecule has 0 bridgehead atoms. The van der Waals surface area contributed by atoms with Gasteiger partial charge < -0.3 is 25.0 Å². The molecule has 0 saturated carbocycles. The van der Waals surface area contributed by atoms with E-state index in [-0.39, 0.29) is 48.5 Å². The first-order valence-electron chi connectivity index (χ1n) is 8.91. The van der Waals surface area contributed by atoms with Crippen LogP contribution in [0, 0.1) is 0 Å². The largest absolute Gasteiger partial charge is 0.477 e. The molecule has 17 heteroatoms. The van der Waals surface area contributed by atoms with Crippen LogP contribution in [0.25, 0.3) is 0 Å². The van der Waals surface area contributed by atoms with Crippen molar-refractivity contribution in [3.8, 4) is 0 Å². The van der Waals surface area contributed by atoms with Crippen LogP contribution in [0.15, 0.2) is 16.4 Å². The topological polar surface area (TPSA) is 169 Å². The van der Waals surface area contributed by atoms with Gasteiger partial charge in [0.25, 0.3) is 17.4 Å². The third-order valence-corrected chi connectivity index (χ3v) is 6.21. The fourth-order valence-corrected chi connectivity index (χ4v) is 4.37. The molecule has 3 N–H and O–H groups in total. The molecule has 1 aromatic heterocycles. The number of halogens is 2. The van der Waals surface area contributed by atoms with Gasteiger partial charge in [-0.25, -0.2) is 9.48 Å².